The van der Waals surface area contributed by atoms with E-state index in [2.05, 4.69) is 4.74 Å². The highest BCUT2D eigenvalue weighted by Gasteiger charge is 2.45. The minimum Gasteiger partial charge on any atom is -0.425 e. The third kappa shape index (κ3) is 0.213. The zero-order chi connectivity index (χ0) is 4.85. The van der Waals surface area contributed by atoms with Gasteiger partial charge in [-0.1, -0.05) is 0 Å². The third-order valence-electron chi connectivity index (χ3n) is 1.44. The normalized spacial score (nSPS) is 35.1. The maximum atomic E-state index is 10.2. The van der Waals surface area contributed by atoms with Crippen molar-refractivity contribution < 1.29 is 9.53 Å². The fourth-order valence-electron chi connectivity index (χ4n) is 0.830. The van der Waals surface area contributed by atoms with E-state index in [1.807, 2.05) is 0 Å². The van der Waals surface area contributed by atoms with Gasteiger partial charge in [0.1, 0.15) is 0 Å². The van der Waals surface area contributed by atoms with Crippen LogP contribution in [0.15, 0.2) is 0 Å². The second kappa shape index (κ2) is 0.757. The van der Waals surface area contributed by atoms with Crippen LogP contribution in [-0.4, -0.2) is 23.8 Å². The molecule has 1 atom stereocenters. The zero-order valence-corrected chi connectivity index (χ0v) is 3.76. The Bertz CT molecular complexity index is 123. The number of carbonyl (C=O) groups is 1. The lowest BCUT2D eigenvalue weighted by Crippen LogP contribution is -2.63. The highest BCUT2D eigenvalue weighted by molar-refractivity contribution is 5.74. The molecule has 0 radical (unpaired) electrons. The van der Waals surface area contributed by atoms with Crippen molar-refractivity contribution in [2.45, 2.75) is 12.6 Å². The molecular formula is C4H5NO2. The van der Waals surface area contributed by atoms with Gasteiger partial charge in [-0.05, 0) is 0 Å². The Hall–Kier alpha value is -0.730. The number of fused-ring (bicyclic) bond motifs is 1. The van der Waals surface area contributed by atoms with Crippen LogP contribution in [0.1, 0.15) is 6.42 Å². The van der Waals surface area contributed by atoms with E-state index in [0.29, 0.717) is 0 Å². The van der Waals surface area contributed by atoms with Gasteiger partial charge in [0.25, 0.3) is 0 Å². The van der Waals surface area contributed by atoms with Gasteiger partial charge in [0.15, 0.2) is 6.23 Å². The molecule has 2 fully saturated rings. The van der Waals surface area contributed by atoms with Crippen molar-refractivity contribution in [3.63, 3.8) is 0 Å². The smallest absolute Gasteiger partial charge is 0.414 e. The standard InChI is InChI=1S/C4H5NO2/c6-4-5-2-1-3(5)7-4/h3H,1-2H2. The molecule has 0 aromatic rings. The highest BCUT2D eigenvalue weighted by atomic mass is 16.6. The van der Waals surface area contributed by atoms with E-state index in [1.54, 1.807) is 4.90 Å². The fraction of sp³-hybridized carbons (Fsp3) is 0.750. The maximum Gasteiger partial charge on any atom is 0.414 e. The first-order valence-corrected chi connectivity index (χ1v) is 2.35. The highest BCUT2D eigenvalue weighted by Crippen LogP contribution is 2.28. The fourth-order valence-corrected chi connectivity index (χ4v) is 0.830. The van der Waals surface area contributed by atoms with Crippen molar-refractivity contribution >= 4 is 6.09 Å². The van der Waals surface area contributed by atoms with Crippen LogP contribution < -0.4 is 0 Å². The number of rotatable bonds is 0. The number of hydrogen-bond acceptors (Lipinski definition) is 2. The molecule has 3 nitrogen and oxygen atoms in total. The lowest BCUT2D eigenvalue weighted by molar-refractivity contribution is -0.154. The summed E-state index contributed by atoms with van der Waals surface area (Å²) in [5, 5.41) is 0. The number of amides is 1. The van der Waals surface area contributed by atoms with E-state index in [4.69, 9.17) is 0 Å². The lowest BCUT2D eigenvalue weighted by Gasteiger charge is -2.47. The molecule has 7 heavy (non-hydrogen) atoms. The van der Waals surface area contributed by atoms with E-state index in [0.717, 1.165) is 13.0 Å². The van der Waals surface area contributed by atoms with Crippen LogP contribution in [0.5, 0.6) is 0 Å². The Balaban J connectivity index is 2.11. The first-order chi connectivity index (χ1) is 3.38. The monoisotopic (exact) mass is 99.0 g/mol. The average Bonchev–Trinajstić information content (AvgIpc) is 1.59. The van der Waals surface area contributed by atoms with Crippen molar-refractivity contribution in [1.82, 2.24) is 4.90 Å². The summed E-state index contributed by atoms with van der Waals surface area (Å²) in [6.07, 6.45) is 1.06. The van der Waals surface area contributed by atoms with Gasteiger partial charge >= 0.3 is 6.09 Å². The Morgan fingerprint density at radius 3 is 2.71 bits per heavy atom. The van der Waals surface area contributed by atoms with Crippen LogP contribution in [0.3, 0.4) is 0 Å². The molecule has 1 unspecified atom stereocenters. The van der Waals surface area contributed by atoms with Crippen molar-refractivity contribution in [3.8, 4) is 0 Å². The Morgan fingerprint density at radius 2 is 2.71 bits per heavy atom. The Labute approximate surface area is 40.9 Å². The average molecular weight is 99.1 g/mol. The van der Waals surface area contributed by atoms with Crippen molar-refractivity contribution in [2.75, 3.05) is 6.54 Å². The van der Waals surface area contributed by atoms with Crippen molar-refractivity contribution in [3.05, 3.63) is 0 Å². The molecule has 2 rings (SSSR count). The molecule has 2 aliphatic rings. The molecular weight excluding hydrogens is 94.0 g/mol. The summed E-state index contributed by atoms with van der Waals surface area (Å²) in [6.45, 7) is 0.906. The molecule has 0 N–H and O–H groups in total. The maximum absolute atomic E-state index is 10.2. The molecule has 2 heterocycles. The van der Waals surface area contributed by atoms with E-state index in [-0.39, 0.29) is 12.3 Å². The van der Waals surface area contributed by atoms with Gasteiger partial charge in [-0.3, -0.25) is 4.90 Å². The molecule has 2 saturated heterocycles. The molecule has 0 aliphatic carbocycles. The minimum atomic E-state index is -0.142. The number of carbonyl (C=O) groups excluding carboxylic acids is 1. The molecule has 1 amide bonds. The summed E-state index contributed by atoms with van der Waals surface area (Å²) in [6, 6.07) is 0. The van der Waals surface area contributed by atoms with E-state index >= 15 is 0 Å². The SMILES string of the molecule is O=C1OC2CCN12. The number of hydrogen-bond donors (Lipinski definition) is 0. The lowest BCUT2D eigenvalue weighted by atomic mass is 10.1. The summed E-state index contributed by atoms with van der Waals surface area (Å²) in [7, 11) is 0. The molecule has 0 bridgehead atoms. The van der Waals surface area contributed by atoms with Gasteiger partial charge in [0.05, 0.1) is 0 Å². The summed E-state index contributed by atoms with van der Waals surface area (Å²) < 4.78 is 4.62. The van der Waals surface area contributed by atoms with Crippen LogP contribution >= 0.6 is 0 Å². The number of nitrogens with zero attached hydrogens (tertiary/aromatic N) is 1. The second-order valence-corrected chi connectivity index (χ2v) is 1.82. The Kier molecular flexibility index (Phi) is 0.356. The molecule has 2 aliphatic heterocycles. The summed E-state index contributed by atoms with van der Waals surface area (Å²) in [4.78, 5) is 11.9. The van der Waals surface area contributed by atoms with Crippen LogP contribution in [-0.2, 0) is 4.74 Å². The first kappa shape index (κ1) is 3.29. The third-order valence-corrected chi connectivity index (χ3v) is 1.44. The zero-order valence-electron chi connectivity index (χ0n) is 3.76. The summed E-state index contributed by atoms with van der Waals surface area (Å²) >= 11 is 0. The number of ether oxygens (including phenoxy) is 1. The van der Waals surface area contributed by atoms with Gasteiger partial charge in [-0.15, -0.1) is 0 Å². The van der Waals surface area contributed by atoms with Crippen LogP contribution in [0, 0.1) is 0 Å². The van der Waals surface area contributed by atoms with Gasteiger partial charge in [0.2, 0.25) is 0 Å². The van der Waals surface area contributed by atoms with Gasteiger partial charge in [-0.25, -0.2) is 4.79 Å². The van der Waals surface area contributed by atoms with Gasteiger partial charge in [-0.2, -0.15) is 0 Å². The van der Waals surface area contributed by atoms with Gasteiger partial charge < -0.3 is 4.74 Å². The predicted octanol–water partition coefficient (Wildman–Crippen LogP) is 0.168. The summed E-state index contributed by atoms with van der Waals surface area (Å²) in [5.74, 6) is 0. The summed E-state index contributed by atoms with van der Waals surface area (Å²) in [5.41, 5.74) is 0. The predicted molar refractivity (Wildman–Crippen MR) is 21.6 cm³/mol. The van der Waals surface area contributed by atoms with E-state index in [1.165, 1.54) is 0 Å². The van der Waals surface area contributed by atoms with E-state index < -0.39 is 0 Å². The quantitative estimate of drug-likeness (QED) is 0.433. The molecule has 0 aromatic heterocycles. The molecule has 38 valence electrons. The molecule has 0 spiro atoms. The molecule has 0 aromatic carbocycles. The van der Waals surface area contributed by atoms with E-state index in [9.17, 15) is 4.79 Å². The van der Waals surface area contributed by atoms with Crippen LogP contribution in [0.4, 0.5) is 4.79 Å². The van der Waals surface area contributed by atoms with Crippen molar-refractivity contribution in [1.29, 1.82) is 0 Å². The Morgan fingerprint density at radius 1 is 1.86 bits per heavy atom. The van der Waals surface area contributed by atoms with Crippen molar-refractivity contribution in [2.24, 2.45) is 0 Å². The topological polar surface area (TPSA) is 29.5 Å². The largest absolute Gasteiger partial charge is 0.425 e. The first-order valence-electron chi connectivity index (χ1n) is 2.35. The van der Waals surface area contributed by atoms with Gasteiger partial charge in [0, 0.05) is 13.0 Å². The van der Waals surface area contributed by atoms with Crippen LogP contribution in [0.25, 0.3) is 0 Å². The molecule has 0 saturated carbocycles. The minimum absolute atomic E-state index is 0.142. The second-order valence-electron chi connectivity index (χ2n) is 1.82. The van der Waals surface area contributed by atoms with Crippen LogP contribution in [0.2, 0.25) is 0 Å². The molecule has 3 heteroatoms.